The van der Waals surface area contributed by atoms with Gasteiger partial charge in [-0.1, -0.05) is 48.5 Å². The zero-order valence-corrected chi connectivity index (χ0v) is 27.8. The van der Waals surface area contributed by atoms with Crippen molar-refractivity contribution in [3.63, 3.8) is 0 Å². The molecule has 6 rings (SSSR count). The molecule has 0 bridgehead atoms. The van der Waals surface area contributed by atoms with Crippen molar-refractivity contribution in [1.29, 1.82) is 0 Å². The van der Waals surface area contributed by atoms with Crippen LogP contribution >= 0.6 is 0 Å². The summed E-state index contributed by atoms with van der Waals surface area (Å²) < 4.78 is 0. The standard InChI is InChI=1S/C36H46N8O2/c1-23(41(3)4)35(45)43-19-7-9-31(43)33-37-21-29(39-33)27-15-11-25(12-16-27)26-13-17-28(18-14-26)30-22-38-34(40-30)32-10-8-20-44(32)36(46)24(2)42(5)6/h11-18,21-24,31-32H,7-10,19-20H2,1-6H3,(H,37,39)(H,38,40)/t23-,24-,31+,32+/m1/s1. The molecule has 4 heterocycles. The lowest BCUT2D eigenvalue weighted by molar-refractivity contribution is -0.137. The maximum atomic E-state index is 13.1. The van der Waals surface area contributed by atoms with Crippen LogP contribution in [0.5, 0.6) is 0 Å². The molecule has 2 fully saturated rings. The van der Waals surface area contributed by atoms with Crippen molar-refractivity contribution in [3.8, 4) is 33.6 Å². The first-order valence-corrected chi connectivity index (χ1v) is 16.4. The fourth-order valence-corrected chi connectivity index (χ4v) is 6.54. The molecule has 242 valence electrons. The number of aromatic nitrogens is 4. The van der Waals surface area contributed by atoms with Crippen molar-refractivity contribution in [2.45, 2.75) is 63.7 Å². The van der Waals surface area contributed by atoms with E-state index in [1.54, 1.807) is 0 Å². The topological polar surface area (TPSA) is 104 Å². The number of hydrogen-bond acceptors (Lipinski definition) is 6. The third-order valence-electron chi connectivity index (χ3n) is 9.88. The van der Waals surface area contributed by atoms with E-state index in [4.69, 9.17) is 9.97 Å². The quantitative estimate of drug-likeness (QED) is 0.261. The van der Waals surface area contributed by atoms with E-state index in [-0.39, 0.29) is 36.0 Å². The largest absolute Gasteiger partial charge is 0.340 e. The molecule has 2 amide bonds. The molecule has 0 saturated carbocycles. The highest BCUT2D eigenvalue weighted by Crippen LogP contribution is 2.34. The van der Waals surface area contributed by atoms with E-state index in [0.29, 0.717) is 0 Å². The van der Waals surface area contributed by atoms with E-state index in [0.717, 1.165) is 84.1 Å². The summed E-state index contributed by atoms with van der Waals surface area (Å²) in [5.74, 6) is 2.00. The number of rotatable bonds is 9. The van der Waals surface area contributed by atoms with Crippen LogP contribution in [0.15, 0.2) is 60.9 Å². The van der Waals surface area contributed by atoms with Crippen molar-refractivity contribution >= 4 is 11.8 Å². The van der Waals surface area contributed by atoms with Gasteiger partial charge in [-0.25, -0.2) is 9.97 Å². The summed E-state index contributed by atoms with van der Waals surface area (Å²) in [5.41, 5.74) is 6.26. The number of likely N-dealkylation sites (N-methyl/N-ethyl adjacent to an activating group) is 2. The number of amides is 2. The minimum atomic E-state index is -0.162. The first kappa shape index (κ1) is 31.7. The molecule has 2 aromatic carbocycles. The summed E-state index contributed by atoms with van der Waals surface area (Å²) in [4.78, 5) is 50.4. The number of aromatic amines is 2. The van der Waals surface area contributed by atoms with Gasteiger partial charge < -0.3 is 19.8 Å². The Kier molecular flexibility index (Phi) is 9.11. The van der Waals surface area contributed by atoms with Crippen molar-refractivity contribution in [2.24, 2.45) is 0 Å². The van der Waals surface area contributed by atoms with Crippen LogP contribution in [0.1, 0.15) is 63.3 Å². The van der Waals surface area contributed by atoms with Crippen LogP contribution in [0.25, 0.3) is 33.6 Å². The van der Waals surface area contributed by atoms with Crippen molar-refractivity contribution in [1.82, 2.24) is 39.5 Å². The summed E-state index contributed by atoms with van der Waals surface area (Å²) in [6, 6.07) is 16.6. The van der Waals surface area contributed by atoms with E-state index in [2.05, 4.69) is 58.5 Å². The summed E-state index contributed by atoms with van der Waals surface area (Å²) in [5, 5.41) is 0. The molecule has 4 atom stereocenters. The predicted octanol–water partition coefficient (Wildman–Crippen LogP) is 5.36. The highest BCUT2D eigenvalue weighted by molar-refractivity contribution is 5.82. The fraction of sp³-hybridized carbons (Fsp3) is 0.444. The number of H-pyrrole nitrogens is 2. The first-order valence-electron chi connectivity index (χ1n) is 16.4. The molecule has 0 radical (unpaired) electrons. The Morgan fingerprint density at radius 2 is 1.00 bits per heavy atom. The number of imidazole rings is 2. The molecule has 2 aliphatic heterocycles. The highest BCUT2D eigenvalue weighted by atomic mass is 16.2. The van der Waals surface area contributed by atoms with E-state index in [9.17, 15) is 9.59 Å². The molecular weight excluding hydrogens is 576 g/mol. The van der Waals surface area contributed by atoms with Crippen LogP contribution in [-0.2, 0) is 9.59 Å². The van der Waals surface area contributed by atoms with Gasteiger partial charge in [-0.2, -0.15) is 0 Å². The lowest BCUT2D eigenvalue weighted by Gasteiger charge is -2.29. The third-order valence-corrected chi connectivity index (χ3v) is 9.88. The van der Waals surface area contributed by atoms with Crippen molar-refractivity contribution < 1.29 is 9.59 Å². The fourth-order valence-electron chi connectivity index (χ4n) is 6.54. The molecular formula is C36H46N8O2. The number of hydrogen-bond donors (Lipinski definition) is 2. The van der Waals surface area contributed by atoms with Gasteiger partial charge in [0.15, 0.2) is 0 Å². The zero-order chi connectivity index (χ0) is 32.5. The minimum absolute atomic E-state index is 0.0150. The lowest BCUT2D eigenvalue weighted by Crippen LogP contribution is -2.44. The Bertz CT molecular complexity index is 1530. The highest BCUT2D eigenvalue weighted by Gasteiger charge is 2.36. The van der Waals surface area contributed by atoms with Gasteiger partial charge in [0, 0.05) is 13.1 Å². The van der Waals surface area contributed by atoms with Gasteiger partial charge in [-0.3, -0.25) is 19.4 Å². The normalized spacial score (nSPS) is 19.7. The maximum absolute atomic E-state index is 13.1. The summed E-state index contributed by atoms with van der Waals surface area (Å²) in [6.45, 7) is 5.44. The molecule has 0 aliphatic carbocycles. The van der Waals surface area contributed by atoms with Gasteiger partial charge in [-0.05, 0) is 90.0 Å². The second-order valence-corrected chi connectivity index (χ2v) is 13.2. The van der Waals surface area contributed by atoms with Crippen molar-refractivity contribution in [2.75, 3.05) is 41.3 Å². The van der Waals surface area contributed by atoms with E-state index >= 15 is 0 Å². The molecule has 46 heavy (non-hydrogen) atoms. The molecule has 2 aromatic heterocycles. The van der Waals surface area contributed by atoms with Crippen LogP contribution in [0.3, 0.4) is 0 Å². The molecule has 2 N–H and O–H groups in total. The second kappa shape index (κ2) is 13.2. The maximum Gasteiger partial charge on any atom is 0.240 e. The van der Waals surface area contributed by atoms with E-state index < -0.39 is 0 Å². The van der Waals surface area contributed by atoms with Crippen LogP contribution < -0.4 is 0 Å². The van der Waals surface area contributed by atoms with Crippen LogP contribution in [0.4, 0.5) is 0 Å². The minimum Gasteiger partial charge on any atom is -0.340 e. The van der Waals surface area contributed by atoms with E-state index in [1.165, 1.54) is 0 Å². The second-order valence-electron chi connectivity index (χ2n) is 13.2. The van der Waals surface area contributed by atoms with Crippen LogP contribution in [-0.4, -0.2) is 105 Å². The average molecular weight is 623 g/mol. The smallest absolute Gasteiger partial charge is 0.240 e. The number of likely N-dealkylation sites (tertiary alicyclic amines) is 2. The summed E-state index contributed by atoms with van der Waals surface area (Å²) >= 11 is 0. The Morgan fingerprint density at radius 1 is 0.652 bits per heavy atom. The number of nitrogens with one attached hydrogen (secondary N) is 2. The van der Waals surface area contributed by atoms with Crippen molar-refractivity contribution in [3.05, 3.63) is 72.6 Å². The zero-order valence-electron chi connectivity index (χ0n) is 27.8. The van der Waals surface area contributed by atoms with Gasteiger partial charge in [0.25, 0.3) is 0 Å². The Morgan fingerprint density at radius 3 is 1.35 bits per heavy atom. The molecule has 10 nitrogen and oxygen atoms in total. The SMILES string of the molecule is C[C@H](C(=O)N1CCC[C@H]1c1ncc(-c2ccc(-c3ccc(-c4cnc([C@@H]5CCCN5C(=O)[C@@H](C)N(C)C)[nH]4)cc3)cc2)[nH]1)N(C)C. The van der Waals surface area contributed by atoms with Gasteiger partial charge >= 0.3 is 0 Å². The predicted molar refractivity (Wildman–Crippen MR) is 181 cm³/mol. The lowest BCUT2D eigenvalue weighted by atomic mass is 10.0. The third kappa shape index (κ3) is 6.24. The Hall–Kier alpha value is -4.28. The molecule has 4 aromatic rings. The summed E-state index contributed by atoms with van der Waals surface area (Å²) in [6.07, 6.45) is 7.55. The average Bonchev–Trinajstić information content (AvgIpc) is 3.89. The number of carbonyl (C=O) groups is 2. The molecule has 2 saturated heterocycles. The van der Waals surface area contributed by atoms with Gasteiger partial charge in [0.1, 0.15) is 11.6 Å². The molecule has 2 aliphatic rings. The summed E-state index contributed by atoms with van der Waals surface area (Å²) in [7, 11) is 7.76. The Labute approximate surface area is 271 Å². The van der Waals surface area contributed by atoms with Gasteiger partial charge in [-0.15, -0.1) is 0 Å². The monoisotopic (exact) mass is 622 g/mol. The number of nitrogens with zero attached hydrogens (tertiary/aromatic N) is 6. The van der Waals surface area contributed by atoms with E-state index in [1.807, 2.05) is 74.0 Å². The number of carbonyl (C=O) groups excluding carboxylic acids is 2. The van der Waals surface area contributed by atoms with Gasteiger partial charge in [0.2, 0.25) is 11.8 Å². The van der Waals surface area contributed by atoms with Crippen LogP contribution in [0, 0.1) is 0 Å². The Balaban J connectivity index is 1.12. The molecule has 10 heteroatoms. The molecule has 0 spiro atoms. The first-order chi connectivity index (χ1) is 22.1. The van der Waals surface area contributed by atoms with Crippen LogP contribution in [0.2, 0.25) is 0 Å². The molecule has 0 unspecified atom stereocenters. The number of benzene rings is 2. The van der Waals surface area contributed by atoms with Gasteiger partial charge in [0.05, 0.1) is 47.9 Å².